The van der Waals surface area contributed by atoms with Crippen LogP contribution in [-0.4, -0.2) is 4.98 Å². The Morgan fingerprint density at radius 1 is 1.50 bits per heavy atom. The van der Waals surface area contributed by atoms with E-state index in [1.54, 1.807) is 6.07 Å². The number of hydrogen-bond acceptors (Lipinski definition) is 3. The van der Waals surface area contributed by atoms with Crippen LogP contribution in [0, 0.1) is 5.82 Å². The van der Waals surface area contributed by atoms with Crippen molar-refractivity contribution in [3.63, 3.8) is 0 Å². The van der Waals surface area contributed by atoms with E-state index in [0.717, 1.165) is 24.1 Å². The first-order chi connectivity index (χ1) is 8.72. The molecule has 0 aliphatic heterocycles. The molecule has 18 heavy (non-hydrogen) atoms. The van der Waals surface area contributed by atoms with E-state index in [0.29, 0.717) is 6.54 Å². The summed E-state index contributed by atoms with van der Waals surface area (Å²) in [4.78, 5) is 13.8. The second-order valence-electron chi connectivity index (χ2n) is 4.49. The first-order valence-corrected chi connectivity index (χ1v) is 6.79. The van der Waals surface area contributed by atoms with Gasteiger partial charge in [-0.2, -0.15) is 0 Å². The Hall–Kier alpha value is -1.46. The molecule has 0 radical (unpaired) electrons. The molecular formula is C13H13FN2OS. The number of rotatable bonds is 3. The van der Waals surface area contributed by atoms with E-state index in [9.17, 15) is 9.18 Å². The summed E-state index contributed by atoms with van der Waals surface area (Å²) in [6.07, 6.45) is 1.89. The lowest BCUT2D eigenvalue weighted by atomic mass is 10.1. The summed E-state index contributed by atoms with van der Waals surface area (Å²) in [6.45, 7) is 0.639. The fourth-order valence-corrected chi connectivity index (χ4v) is 3.01. The molecule has 1 aromatic heterocycles. The van der Waals surface area contributed by atoms with Crippen molar-refractivity contribution in [1.29, 1.82) is 0 Å². The molecule has 1 unspecified atom stereocenters. The second kappa shape index (κ2) is 4.66. The van der Waals surface area contributed by atoms with E-state index >= 15 is 0 Å². The van der Waals surface area contributed by atoms with E-state index in [1.165, 1.54) is 23.0 Å². The van der Waals surface area contributed by atoms with Crippen molar-refractivity contribution in [2.24, 2.45) is 0 Å². The average Bonchev–Trinajstić information content (AvgIpc) is 2.92. The molecule has 3 nitrogen and oxygen atoms in total. The van der Waals surface area contributed by atoms with Crippen LogP contribution in [0.4, 0.5) is 4.39 Å². The van der Waals surface area contributed by atoms with Gasteiger partial charge < -0.3 is 10.3 Å². The Balaban J connectivity index is 1.71. The topological polar surface area (TPSA) is 44.9 Å². The predicted octanol–water partition coefficient (Wildman–Crippen LogP) is 2.35. The molecule has 2 aromatic rings. The van der Waals surface area contributed by atoms with E-state index in [1.807, 2.05) is 11.4 Å². The van der Waals surface area contributed by atoms with Crippen LogP contribution in [0.25, 0.3) is 0 Å². The van der Waals surface area contributed by atoms with Gasteiger partial charge in [0.2, 0.25) is 0 Å². The van der Waals surface area contributed by atoms with Gasteiger partial charge in [0.25, 0.3) is 0 Å². The van der Waals surface area contributed by atoms with Crippen molar-refractivity contribution in [2.45, 2.75) is 25.4 Å². The monoisotopic (exact) mass is 264 g/mol. The molecule has 0 saturated heterocycles. The smallest absolute Gasteiger partial charge is 0.304 e. The molecule has 94 valence electrons. The molecule has 0 fully saturated rings. The number of hydrogen-bond donors (Lipinski definition) is 2. The van der Waals surface area contributed by atoms with Gasteiger partial charge >= 0.3 is 4.87 Å². The van der Waals surface area contributed by atoms with Crippen LogP contribution >= 0.6 is 11.3 Å². The Labute approximate surface area is 108 Å². The summed E-state index contributed by atoms with van der Waals surface area (Å²) in [5, 5.41) is 5.23. The predicted molar refractivity (Wildman–Crippen MR) is 69.2 cm³/mol. The highest BCUT2D eigenvalue weighted by Gasteiger charge is 2.22. The number of aromatic amines is 1. The Kier molecular flexibility index (Phi) is 3.01. The highest BCUT2D eigenvalue weighted by Crippen LogP contribution is 2.31. The SMILES string of the molecule is O=c1[nH]c(CNC2CCc3cc(F)ccc32)cs1. The van der Waals surface area contributed by atoms with Crippen molar-refractivity contribution >= 4 is 11.3 Å². The Morgan fingerprint density at radius 2 is 2.39 bits per heavy atom. The standard InChI is InChI=1S/C13H13FN2OS/c14-9-2-3-11-8(5-9)1-4-12(11)15-6-10-7-18-13(17)16-10/h2-3,5,7,12,15H,1,4,6H2,(H,16,17). The molecule has 5 heteroatoms. The summed E-state index contributed by atoms with van der Waals surface area (Å²) in [5.74, 6) is -0.170. The van der Waals surface area contributed by atoms with E-state index < -0.39 is 0 Å². The van der Waals surface area contributed by atoms with Crippen LogP contribution in [0.2, 0.25) is 0 Å². The molecule has 1 heterocycles. The molecule has 2 N–H and O–H groups in total. The molecule has 0 saturated carbocycles. The molecule has 0 bridgehead atoms. The third kappa shape index (κ3) is 2.23. The van der Waals surface area contributed by atoms with Gasteiger partial charge in [0.05, 0.1) is 0 Å². The highest BCUT2D eigenvalue weighted by atomic mass is 32.1. The summed E-state index contributed by atoms with van der Waals surface area (Å²) < 4.78 is 13.1. The zero-order valence-electron chi connectivity index (χ0n) is 9.70. The number of benzene rings is 1. The third-order valence-corrected chi connectivity index (χ3v) is 4.01. The number of halogens is 1. The van der Waals surface area contributed by atoms with Crippen molar-refractivity contribution in [3.8, 4) is 0 Å². The van der Waals surface area contributed by atoms with Gasteiger partial charge in [-0.05, 0) is 36.1 Å². The molecule has 1 aliphatic carbocycles. The zero-order valence-corrected chi connectivity index (χ0v) is 10.5. The normalized spacial score (nSPS) is 17.9. The molecule has 1 aromatic carbocycles. The maximum atomic E-state index is 13.1. The minimum atomic E-state index is -0.170. The molecule has 1 aliphatic rings. The van der Waals surface area contributed by atoms with Crippen molar-refractivity contribution in [3.05, 3.63) is 55.9 Å². The van der Waals surface area contributed by atoms with Crippen molar-refractivity contribution in [1.82, 2.24) is 10.3 Å². The second-order valence-corrected chi connectivity index (χ2v) is 5.33. The lowest BCUT2D eigenvalue weighted by Gasteiger charge is -2.13. The summed E-state index contributed by atoms with van der Waals surface area (Å²) in [5.41, 5.74) is 3.17. The number of thiazole rings is 1. The fourth-order valence-electron chi connectivity index (χ4n) is 2.43. The Bertz CT molecular complexity index is 619. The molecule has 0 amide bonds. The van der Waals surface area contributed by atoms with Crippen LogP contribution in [0.5, 0.6) is 0 Å². The van der Waals surface area contributed by atoms with Gasteiger partial charge in [-0.3, -0.25) is 4.79 Å². The first kappa shape index (κ1) is 11.6. The quantitative estimate of drug-likeness (QED) is 0.894. The number of H-pyrrole nitrogens is 1. The Morgan fingerprint density at radius 3 is 3.17 bits per heavy atom. The summed E-state index contributed by atoms with van der Waals surface area (Å²) >= 11 is 1.17. The maximum Gasteiger partial charge on any atom is 0.304 e. The maximum absolute atomic E-state index is 13.1. The molecule has 0 spiro atoms. The first-order valence-electron chi connectivity index (χ1n) is 5.91. The lowest BCUT2D eigenvalue weighted by molar-refractivity contribution is 0.526. The summed E-state index contributed by atoms with van der Waals surface area (Å²) in [7, 11) is 0. The van der Waals surface area contributed by atoms with E-state index in [-0.39, 0.29) is 16.7 Å². The van der Waals surface area contributed by atoms with Crippen LogP contribution in [0.3, 0.4) is 0 Å². The lowest BCUT2D eigenvalue weighted by Crippen LogP contribution is -2.19. The van der Waals surface area contributed by atoms with E-state index in [2.05, 4.69) is 10.3 Å². The van der Waals surface area contributed by atoms with E-state index in [4.69, 9.17) is 0 Å². The molecular weight excluding hydrogens is 251 g/mol. The van der Waals surface area contributed by atoms with Gasteiger partial charge in [-0.15, -0.1) is 0 Å². The number of aromatic nitrogens is 1. The minimum absolute atomic E-state index is 0.0271. The van der Waals surface area contributed by atoms with Crippen molar-refractivity contribution in [2.75, 3.05) is 0 Å². The van der Waals surface area contributed by atoms with Gasteiger partial charge in [0, 0.05) is 23.7 Å². The highest BCUT2D eigenvalue weighted by molar-refractivity contribution is 7.07. The zero-order chi connectivity index (χ0) is 12.5. The fraction of sp³-hybridized carbons (Fsp3) is 0.308. The van der Waals surface area contributed by atoms with Gasteiger partial charge in [0.15, 0.2) is 0 Å². The molecule has 3 rings (SSSR count). The molecule has 1 atom stereocenters. The van der Waals surface area contributed by atoms with Gasteiger partial charge in [-0.25, -0.2) is 4.39 Å². The van der Waals surface area contributed by atoms with Gasteiger partial charge in [-0.1, -0.05) is 17.4 Å². The number of nitrogens with one attached hydrogen (secondary N) is 2. The number of aryl methyl sites for hydroxylation is 1. The van der Waals surface area contributed by atoms with Crippen LogP contribution in [0.1, 0.15) is 29.3 Å². The number of fused-ring (bicyclic) bond motifs is 1. The minimum Gasteiger partial charge on any atom is -0.315 e. The summed E-state index contributed by atoms with van der Waals surface area (Å²) in [6, 6.07) is 5.23. The van der Waals surface area contributed by atoms with Crippen LogP contribution in [0.15, 0.2) is 28.4 Å². The van der Waals surface area contributed by atoms with Crippen LogP contribution < -0.4 is 10.2 Å². The van der Waals surface area contributed by atoms with Gasteiger partial charge in [0.1, 0.15) is 5.82 Å². The third-order valence-electron chi connectivity index (χ3n) is 3.29. The van der Waals surface area contributed by atoms with Crippen LogP contribution in [-0.2, 0) is 13.0 Å². The average molecular weight is 264 g/mol. The van der Waals surface area contributed by atoms with Crippen molar-refractivity contribution < 1.29 is 4.39 Å². The largest absolute Gasteiger partial charge is 0.315 e.